The van der Waals surface area contributed by atoms with Gasteiger partial charge in [0, 0.05) is 0 Å². The lowest BCUT2D eigenvalue weighted by atomic mass is 10.2. The summed E-state index contributed by atoms with van der Waals surface area (Å²) in [6.45, 7) is 5.86. The molecule has 174 valence electrons. The monoisotopic (exact) mass is 469 g/mol. The molecule has 0 aromatic heterocycles. The molecule has 0 unspecified atom stereocenters. The number of benzene rings is 3. The summed E-state index contributed by atoms with van der Waals surface area (Å²) >= 11 is 0. The lowest BCUT2D eigenvalue weighted by molar-refractivity contribution is 0.0444. The first-order valence-corrected chi connectivity index (χ1v) is 11.8. The maximum absolute atomic E-state index is 12.8. The smallest absolute Gasteiger partial charge is 0.440 e. The van der Waals surface area contributed by atoms with Crippen molar-refractivity contribution < 1.29 is 27.0 Å². The van der Waals surface area contributed by atoms with E-state index in [0.717, 1.165) is 11.1 Å². The van der Waals surface area contributed by atoms with Gasteiger partial charge in [0.05, 0.1) is 23.8 Å². The molecular weight excluding hydrogens is 442 g/mol. The number of hydrogen-bond donors (Lipinski definition) is 0. The van der Waals surface area contributed by atoms with E-state index in [1.54, 1.807) is 63.2 Å². The summed E-state index contributed by atoms with van der Waals surface area (Å²) in [6, 6.07) is 24.0. The molecule has 0 radical (unpaired) electrons. The number of amides is 1. The first kappa shape index (κ1) is 24.4. The number of carbonyl (C=O) groups excluding carboxylic acids is 1. The molecular formula is C25H27NO6S. The van der Waals surface area contributed by atoms with Crippen LogP contribution >= 0.6 is 0 Å². The van der Waals surface area contributed by atoms with Crippen molar-refractivity contribution >= 4 is 21.9 Å². The first-order chi connectivity index (χ1) is 15.6. The van der Waals surface area contributed by atoms with Gasteiger partial charge in [0.25, 0.3) is 0 Å². The Morgan fingerprint density at radius 2 is 1.30 bits per heavy atom. The van der Waals surface area contributed by atoms with Crippen LogP contribution in [0.2, 0.25) is 0 Å². The number of hydroxylamine groups is 1. The Balaban J connectivity index is 1.76. The predicted octanol–water partition coefficient (Wildman–Crippen LogP) is 5.47. The number of hydrogen-bond acceptors (Lipinski definition) is 6. The van der Waals surface area contributed by atoms with E-state index in [0.29, 0.717) is 18.3 Å². The molecule has 0 aliphatic carbocycles. The summed E-state index contributed by atoms with van der Waals surface area (Å²) in [4.78, 5) is 12.7. The number of nitrogens with zero attached hydrogens (tertiary/aromatic N) is 1. The maximum Gasteiger partial charge on any atom is 0.440 e. The molecule has 0 atom stereocenters. The minimum Gasteiger partial charge on any atom is -0.442 e. The minimum atomic E-state index is -4.26. The van der Waals surface area contributed by atoms with Gasteiger partial charge in [-0.05, 0) is 56.2 Å². The number of anilines is 1. The Morgan fingerprint density at radius 1 is 0.788 bits per heavy atom. The van der Waals surface area contributed by atoms with Crippen LogP contribution in [0.4, 0.5) is 10.5 Å². The van der Waals surface area contributed by atoms with Gasteiger partial charge >= 0.3 is 16.2 Å². The largest absolute Gasteiger partial charge is 0.442 e. The van der Waals surface area contributed by atoms with Gasteiger partial charge in [-0.15, -0.1) is 9.35 Å². The zero-order valence-corrected chi connectivity index (χ0v) is 19.6. The zero-order valence-electron chi connectivity index (χ0n) is 18.8. The highest BCUT2D eigenvalue weighted by molar-refractivity contribution is 7.86. The average molecular weight is 470 g/mol. The van der Waals surface area contributed by atoms with Gasteiger partial charge in [-0.1, -0.05) is 60.7 Å². The zero-order chi connectivity index (χ0) is 23.9. The highest BCUT2D eigenvalue weighted by Crippen LogP contribution is 2.24. The van der Waals surface area contributed by atoms with E-state index < -0.39 is 21.8 Å². The molecule has 0 aliphatic heterocycles. The second kappa shape index (κ2) is 10.6. The average Bonchev–Trinajstić information content (AvgIpc) is 2.78. The lowest BCUT2D eigenvalue weighted by Crippen LogP contribution is -2.38. The van der Waals surface area contributed by atoms with Crippen LogP contribution in [-0.4, -0.2) is 20.1 Å². The van der Waals surface area contributed by atoms with Gasteiger partial charge in [0.1, 0.15) is 5.60 Å². The van der Waals surface area contributed by atoms with E-state index in [9.17, 15) is 13.2 Å². The van der Waals surface area contributed by atoms with Crippen LogP contribution < -0.4 is 5.06 Å². The molecule has 7 nitrogen and oxygen atoms in total. The Morgan fingerprint density at radius 3 is 1.85 bits per heavy atom. The standard InChI is InChI=1S/C25H27NO6S/c1-25(2,3)31-24(27)26(32-33(28,29)23-12-8-5-9-13-23)22-16-14-21(15-17-22)19-30-18-20-10-6-4-7-11-20/h4-17H,18-19H2,1-3H3. The number of ether oxygens (including phenoxy) is 2. The molecule has 0 saturated heterocycles. The fourth-order valence-electron chi connectivity index (χ4n) is 2.80. The highest BCUT2D eigenvalue weighted by Gasteiger charge is 2.30. The second-order valence-electron chi connectivity index (χ2n) is 8.26. The second-order valence-corrected chi connectivity index (χ2v) is 9.79. The van der Waals surface area contributed by atoms with Crippen molar-refractivity contribution in [1.29, 1.82) is 0 Å². The molecule has 0 bridgehead atoms. The molecule has 0 aliphatic rings. The molecule has 3 aromatic carbocycles. The van der Waals surface area contributed by atoms with Crippen molar-refractivity contribution in [3.63, 3.8) is 0 Å². The van der Waals surface area contributed by atoms with Gasteiger partial charge in [0.2, 0.25) is 0 Å². The SMILES string of the molecule is CC(C)(C)OC(=O)N(OS(=O)(=O)c1ccccc1)c1ccc(COCc2ccccc2)cc1. The van der Waals surface area contributed by atoms with E-state index in [2.05, 4.69) is 0 Å². The van der Waals surface area contributed by atoms with E-state index in [1.165, 1.54) is 12.1 Å². The van der Waals surface area contributed by atoms with E-state index in [-0.39, 0.29) is 10.6 Å². The Bertz CT molecular complexity index is 1140. The third-order valence-corrected chi connectivity index (χ3v) is 5.51. The normalized spacial score (nSPS) is 11.7. The van der Waals surface area contributed by atoms with Gasteiger partial charge in [-0.25, -0.2) is 4.79 Å². The summed E-state index contributed by atoms with van der Waals surface area (Å²) in [5, 5.41) is 0.641. The molecule has 33 heavy (non-hydrogen) atoms. The quantitative estimate of drug-likeness (QED) is 0.407. The van der Waals surface area contributed by atoms with Crippen LogP contribution in [0.25, 0.3) is 0 Å². The summed E-state index contributed by atoms with van der Waals surface area (Å²) in [7, 11) is -4.26. The van der Waals surface area contributed by atoms with Crippen LogP contribution in [-0.2, 0) is 37.1 Å². The van der Waals surface area contributed by atoms with Crippen LogP contribution in [0.3, 0.4) is 0 Å². The Kier molecular flexibility index (Phi) is 7.86. The van der Waals surface area contributed by atoms with E-state index in [4.69, 9.17) is 13.8 Å². The summed E-state index contributed by atoms with van der Waals surface area (Å²) in [5.41, 5.74) is 1.27. The molecule has 3 aromatic rings. The van der Waals surface area contributed by atoms with Gasteiger partial charge in [-0.3, -0.25) is 0 Å². The molecule has 8 heteroatoms. The van der Waals surface area contributed by atoms with E-state index in [1.807, 2.05) is 30.3 Å². The van der Waals surface area contributed by atoms with Crippen LogP contribution in [0.5, 0.6) is 0 Å². The predicted molar refractivity (Wildman–Crippen MR) is 125 cm³/mol. The Labute approximate surface area is 194 Å². The molecule has 0 saturated carbocycles. The molecule has 3 rings (SSSR count). The molecule has 0 fully saturated rings. The van der Waals surface area contributed by atoms with Crippen LogP contribution in [0.15, 0.2) is 89.8 Å². The van der Waals surface area contributed by atoms with Gasteiger partial charge in [-0.2, -0.15) is 8.42 Å². The van der Waals surface area contributed by atoms with Crippen molar-refractivity contribution in [2.24, 2.45) is 0 Å². The minimum absolute atomic E-state index is 0.0792. The van der Waals surface area contributed by atoms with Crippen LogP contribution in [0, 0.1) is 0 Å². The molecule has 0 N–H and O–H groups in total. The number of rotatable bonds is 8. The summed E-state index contributed by atoms with van der Waals surface area (Å²) in [5.74, 6) is 0. The van der Waals surface area contributed by atoms with Crippen LogP contribution in [0.1, 0.15) is 31.9 Å². The fraction of sp³-hybridized carbons (Fsp3) is 0.240. The van der Waals surface area contributed by atoms with E-state index >= 15 is 0 Å². The fourth-order valence-corrected chi connectivity index (χ4v) is 3.72. The summed E-state index contributed by atoms with van der Waals surface area (Å²) in [6.07, 6.45) is -0.949. The van der Waals surface area contributed by atoms with Gasteiger partial charge < -0.3 is 9.47 Å². The molecule has 0 spiro atoms. The van der Waals surface area contributed by atoms with Crippen molar-refractivity contribution in [1.82, 2.24) is 0 Å². The molecule has 0 heterocycles. The third-order valence-electron chi connectivity index (χ3n) is 4.31. The topological polar surface area (TPSA) is 82.1 Å². The highest BCUT2D eigenvalue weighted by atomic mass is 32.2. The maximum atomic E-state index is 12.8. The third kappa shape index (κ3) is 7.42. The first-order valence-electron chi connectivity index (χ1n) is 10.4. The van der Waals surface area contributed by atoms with Crippen molar-refractivity contribution in [2.75, 3.05) is 5.06 Å². The summed E-state index contributed by atoms with van der Waals surface area (Å²) < 4.78 is 41.7. The van der Waals surface area contributed by atoms with Crippen molar-refractivity contribution in [3.05, 3.63) is 96.1 Å². The van der Waals surface area contributed by atoms with Gasteiger partial charge in [0.15, 0.2) is 0 Å². The van der Waals surface area contributed by atoms with Crippen molar-refractivity contribution in [3.8, 4) is 0 Å². The Hall–Kier alpha value is -3.20. The molecule has 1 amide bonds. The number of carbonyl (C=O) groups is 1. The van der Waals surface area contributed by atoms with Crippen molar-refractivity contribution in [2.45, 2.75) is 44.5 Å². The lowest BCUT2D eigenvalue weighted by Gasteiger charge is -2.26.